The Balaban J connectivity index is 2.13. The van der Waals surface area contributed by atoms with Crippen molar-refractivity contribution in [2.45, 2.75) is 17.9 Å². The van der Waals surface area contributed by atoms with E-state index in [-0.39, 0.29) is 10.5 Å². The molecule has 0 heterocycles. The summed E-state index contributed by atoms with van der Waals surface area (Å²) in [5.41, 5.74) is 5.55. The molecule has 0 aliphatic rings. The maximum atomic E-state index is 12.3. The minimum absolute atomic E-state index is 0.00847. The van der Waals surface area contributed by atoms with Crippen LogP contribution in [0.1, 0.15) is 17.3 Å². The third kappa shape index (κ3) is 4.32. The highest BCUT2D eigenvalue weighted by atomic mass is 32.2. The molecule has 1 amide bonds. The minimum Gasteiger partial charge on any atom is -0.449 e. The van der Waals surface area contributed by atoms with E-state index in [0.717, 1.165) is 0 Å². The summed E-state index contributed by atoms with van der Waals surface area (Å²) >= 11 is 0. The molecule has 1 unspecified atom stereocenters. The third-order valence-electron chi connectivity index (χ3n) is 3.11. The monoisotopic (exact) mass is 348 g/mol. The number of rotatable bonds is 6. The summed E-state index contributed by atoms with van der Waals surface area (Å²) in [7, 11) is -3.77. The number of hydrogen-bond donors (Lipinski definition) is 2. The Hall–Kier alpha value is -2.87. The van der Waals surface area contributed by atoms with Crippen LogP contribution in [0.25, 0.3) is 0 Å². The van der Waals surface area contributed by atoms with Crippen molar-refractivity contribution in [2.75, 3.05) is 4.72 Å². The van der Waals surface area contributed by atoms with Crippen LogP contribution in [0.15, 0.2) is 59.5 Å². The molecule has 0 saturated heterocycles. The number of ether oxygens (including phenoxy) is 1. The average molecular weight is 348 g/mol. The SMILES string of the molecule is CC(OC(=O)c1ccc(S(=O)(=O)Nc2ccccc2)cc1)C(N)=O. The smallest absolute Gasteiger partial charge is 0.338 e. The van der Waals surface area contributed by atoms with Gasteiger partial charge in [0.25, 0.3) is 15.9 Å². The standard InChI is InChI=1S/C16H16N2O5S/c1-11(15(17)19)23-16(20)12-7-9-14(10-8-12)24(21,22)18-13-5-3-2-4-6-13/h2-11,18H,1H3,(H2,17,19). The molecule has 2 rings (SSSR count). The summed E-state index contributed by atoms with van der Waals surface area (Å²) in [4.78, 5) is 22.7. The molecule has 126 valence electrons. The predicted molar refractivity (Wildman–Crippen MR) is 87.8 cm³/mol. The molecule has 24 heavy (non-hydrogen) atoms. The predicted octanol–water partition coefficient (Wildman–Crippen LogP) is 1.52. The summed E-state index contributed by atoms with van der Waals surface area (Å²) in [6.07, 6.45) is -1.07. The van der Waals surface area contributed by atoms with Gasteiger partial charge in [-0.2, -0.15) is 0 Å². The van der Waals surface area contributed by atoms with Crippen molar-refractivity contribution in [2.24, 2.45) is 5.73 Å². The molecule has 3 N–H and O–H groups in total. The number of carbonyl (C=O) groups excluding carboxylic acids is 2. The van der Waals surface area contributed by atoms with Crippen molar-refractivity contribution in [1.29, 1.82) is 0 Å². The van der Waals surface area contributed by atoms with Gasteiger partial charge in [0.15, 0.2) is 6.10 Å². The first kappa shape index (κ1) is 17.5. The fourth-order valence-electron chi connectivity index (χ4n) is 1.78. The zero-order chi connectivity index (χ0) is 17.7. The van der Waals surface area contributed by atoms with Gasteiger partial charge >= 0.3 is 5.97 Å². The molecular weight excluding hydrogens is 332 g/mol. The quantitative estimate of drug-likeness (QED) is 0.768. The Kier molecular flexibility index (Phi) is 5.20. The van der Waals surface area contributed by atoms with Crippen LogP contribution in [-0.4, -0.2) is 26.4 Å². The van der Waals surface area contributed by atoms with Crippen LogP contribution in [0.5, 0.6) is 0 Å². The summed E-state index contributed by atoms with van der Waals surface area (Å²) in [6, 6.07) is 13.6. The molecule has 1 atom stereocenters. The molecule has 0 radical (unpaired) electrons. The van der Waals surface area contributed by atoms with E-state index in [1.807, 2.05) is 0 Å². The maximum absolute atomic E-state index is 12.3. The second-order valence-electron chi connectivity index (χ2n) is 4.95. The second-order valence-corrected chi connectivity index (χ2v) is 6.63. The summed E-state index contributed by atoms with van der Waals surface area (Å²) in [5, 5.41) is 0. The van der Waals surface area contributed by atoms with Gasteiger partial charge in [-0.1, -0.05) is 18.2 Å². The summed E-state index contributed by atoms with van der Waals surface area (Å²) in [6.45, 7) is 1.35. The van der Waals surface area contributed by atoms with Crippen molar-refractivity contribution in [3.63, 3.8) is 0 Å². The lowest BCUT2D eigenvalue weighted by atomic mass is 10.2. The van der Waals surface area contributed by atoms with E-state index >= 15 is 0 Å². The van der Waals surface area contributed by atoms with Gasteiger partial charge < -0.3 is 10.5 Å². The first-order valence-electron chi connectivity index (χ1n) is 6.98. The van der Waals surface area contributed by atoms with E-state index in [1.54, 1.807) is 30.3 Å². The van der Waals surface area contributed by atoms with Gasteiger partial charge in [-0.3, -0.25) is 9.52 Å². The minimum atomic E-state index is -3.77. The molecule has 0 aromatic heterocycles. The highest BCUT2D eigenvalue weighted by Crippen LogP contribution is 2.16. The van der Waals surface area contributed by atoms with Gasteiger partial charge in [-0.05, 0) is 43.3 Å². The van der Waals surface area contributed by atoms with Crippen molar-refractivity contribution in [3.8, 4) is 0 Å². The van der Waals surface area contributed by atoms with E-state index in [2.05, 4.69) is 4.72 Å². The van der Waals surface area contributed by atoms with Crippen molar-refractivity contribution in [1.82, 2.24) is 0 Å². The van der Waals surface area contributed by atoms with Gasteiger partial charge in [0.1, 0.15) is 0 Å². The number of amides is 1. The number of carbonyl (C=O) groups is 2. The van der Waals surface area contributed by atoms with Gasteiger partial charge in [-0.15, -0.1) is 0 Å². The van der Waals surface area contributed by atoms with Gasteiger partial charge in [0.2, 0.25) is 0 Å². The molecule has 0 saturated carbocycles. The number of nitrogens with two attached hydrogens (primary N) is 1. The lowest BCUT2D eigenvalue weighted by Gasteiger charge is -2.10. The van der Waals surface area contributed by atoms with Gasteiger partial charge in [0.05, 0.1) is 10.5 Å². The van der Waals surface area contributed by atoms with Crippen LogP contribution >= 0.6 is 0 Å². The molecule has 0 spiro atoms. The molecule has 2 aromatic carbocycles. The topological polar surface area (TPSA) is 116 Å². The van der Waals surface area contributed by atoms with Crippen LogP contribution in [0.3, 0.4) is 0 Å². The molecule has 8 heteroatoms. The molecule has 0 aliphatic carbocycles. The molecule has 0 aliphatic heterocycles. The van der Waals surface area contributed by atoms with Crippen molar-refractivity contribution < 1.29 is 22.7 Å². The van der Waals surface area contributed by atoms with Crippen LogP contribution in [0, 0.1) is 0 Å². The fraction of sp³-hybridized carbons (Fsp3) is 0.125. The van der Waals surface area contributed by atoms with E-state index in [1.165, 1.54) is 31.2 Å². The number of hydrogen-bond acceptors (Lipinski definition) is 5. The Bertz CT molecular complexity index is 833. The highest BCUT2D eigenvalue weighted by Gasteiger charge is 2.18. The number of primary amides is 1. The molecule has 7 nitrogen and oxygen atoms in total. The maximum Gasteiger partial charge on any atom is 0.338 e. The lowest BCUT2D eigenvalue weighted by molar-refractivity contribution is -0.125. The molecule has 0 fully saturated rings. The summed E-state index contributed by atoms with van der Waals surface area (Å²) in [5.74, 6) is -1.53. The van der Waals surface area contributed by atoms with E-state index in [4.69, 9.17) is 10.5 Å². The molecular formula is C16H16N2O5S. The van der Waals surface area contributed by atoms with Crippen LogP contribution in [-0.2, 0) is 19.6 Å². The highest BCUT2D eigenvalue weighted by molar-refractivity contribution is 7.92. The first-order chi connectivity index (χ1) is 11.3. The Morgan fingerprint density at radius 3 is 2.17 bits per heavy atom. The largest absolute Gasteiger partial charge is 0.449 e. The van der Waals surface area contributed by atoms with Crippen molar-refractivity contribution >= 4 is 27.6 Å². The second kappa shape index (κ2) is 7.14. The van der Waals surface area contributed by atoms with Crippen LogP contribution in [0.4, 0.5) is 5.69 Å². The fourth-order valence-corrected chi connectivity index (χ4v) is 2.84. The number of nitrogens with one attached hydrogen (secondary N) is 1. The number of anilines is 1. The zero-order valence-electron chi connectivity index (χ0n) is 12.8. The Morgan fingerprint density at radius 1 is 1.04 bits per heavy atom. The number of benzene rings is 2. The summed E-state index contributed by atoms with van der Waals surface area (Å²) < 4.78 is 31.8. The molecule has 0 bridgehead atoms. The zero-order valence-corrected chi connectivity index (χ0v) is 13.6. The first-order valence-corrected chi connectivity index (χ1v) is 8.46. The normalized spacial score (nSPS) is 12.2. The van der Waals surface area contributed by atoms with Gasteiger partial charge in [0, 0.05) is 5.69 Å². The van der Waals surface area contributed by atoms with E-state index < -0.39 is 28.0 Å². The van der Waals surface area contributed by atoms with Gasteiger partial charge in [-0.25, -0.2) is 13.2 Å². The van der Waals surface area contributed by atoms with Crippen LogP contribution < -0.4 is 10.5 Å². The van der Waals surface area contributed by atoms with E-state index in [0.29, 0.717) is 5.69 Å². The number of para-hydroxylation sites is 1. The average Bonchev–Trinajstić information content (AvgIpc) is 2.55. The molecule has 2 aromatic rings. The Labute approximate surface area is 139 Å². The van der Waals surface area contributed by atoms with E-state index in [9.17, 15) is 18.0 Å². The lowest BCUT2D eigenvalue weighted by Crippen LogP contribution is -2.30. The Morgan fingerprint density at radius 2 is 1.62 bits per heavy atom. The number of sulfonamides is 1. The number of esters is 1. The van der Waals surface area contributed by atoms with Crippen molar-refractivity contribution in [3.05, 3.63) is 60.2 Å². The van der Waals surface area contributed by atoms with Crippen LogP contribution in [0.2, 0.25) is 0 Å². The third-order valence-corrected chi connectivity index (χ3v) is 4.51.